The number of carbonyl (C=O) groups is 1. The van der Waals surface area contributed by atoms with Gasteiger partial charge in [-0.05, 0) is 31.1 Å². The number of nitrogens with zero attached hydrogens (tertiary/aromatic N) is 1. The van der Waals surface area contributed by atoms with Gasteiger partial charge in [-0.15, -0.1) is 0 Å². The van der Waals surface area contributed by atoms with Crippen molar-refractivity contribution in [1.29, 1.82) is 0 Å². The number of benzene rings is 1. The van der Waals surface area contributed by atoms with E-state index in [0.717, 1.165) is 12.2 Å². The van der Waals surface area contributed by atoms with Gasteiger partial charge in [-0.1, -0.05) is 39.0 Å². The van der Waals surface area contributed by atoms with Crippen molar-refractivity contribution in [2.75, 3.05) is 39.0 Å². The quantitative estimate of drug-likeness (QED) is 0.836. The van der Waals surface area contributed by atoms with Crippen LogP contribution in [0.4, 0.5) is 5.69 Å². The number of hydrogen-bond acceptors (Lipinski definition) is 3. The van der Waals surface area contributed by atoms with Crippen LogP contribution in [0.2, 0.25) is 0 Å². The molecule has 4 nitrogen and oxygen atoms in total. The Morgan fingerprint density at radius 2 is 1.85 bits per heavy atom. The second-order valence-corrected chi connectivity index (χ2v) is 6.30. The first-order chi connectivity index (χ1) is 9.30. The van der Waals surface area contributed by atoms with Gasteiger partial charge in [0.2, 0.25) is 5.91 Å². The predicted molar refractivity (Wildman–Crippen MR) is 85.2 cm³/mol. The van der Waals surface area contributed by atoms with Gasteiger partial charge < -0.3 is 15.5 Å². The van der Waals surface area contributed by atoms with Crippen molar-refractivity contribution in [1.82, 2.24) is 10.2 Å². The van der Waals surface area contributed by atoms with Crippen LogP contribution >= 0.6 is 0 Å². The summed E-state index contributed by atoms with van der Waals surface area (Å²) in [5, 5.41) is 6.13. The van der Waals surface area contributed by atoms with E-state index in [-0.39, 0.29) is 11.3 Å². The van der Waals surface area contributed by atoms with Crippen LogP contribution < -0.4 is 10.6 Å². The number of nitrogens with one attached hydrogen (secondary N) is 2. The van der Waals surface area contributed by atoms with E-state index in [0.29, 0.717) is 13.1 Å². The first-order valence-electron chi connectivity index (χ1n) is 7.05. The molecule has 0 radical (unpaired) electrons. The third kappa shape index (κ3) is 5.61. The second kappa shape index (κ2) is 7.29. The van der Waals surface area contributed by atoms with Crippen molar-refractivity contribution < 1.29 is 4.79 Å². The number of anilines is 1. The average Bonchev–Trinajstić information content (AvgIpc) is 2.35. The van der Waals surface area contributed by atoms with E-state index in [1.54, 1.807) is 0 Å². The SMILES string of the molecule is CN(C)CCNC(=O)CNc1ccccc1C(C)(C)C. The van der Waals surface area contributed by atoms with Crippen molar-refractivity contribution in [3.8, 4) is 0 Å². The molecular weight excluding hydrogens is 250 g/mol. The number of likely N-dealkylation sites (N-methyl/N-ethyl adjacent to an activating group) is 1. The molecule has 0 heterocycles. The third-order valence-electron chi connectivity index (χ3n) is 3.06. The molecule has 1 rings (SSSR count). The molecule has 0 saturated carbocycles. The van der Waals surface area contributed by atoms with Crippen LogP contribution in [0, 0.1) is 0 Å². The zero-order chi connectivity index (χ0) is 15.2. The van der Waals surface area contributed by atoms with E-state index < -0.39 is 0 Å². The Balaban J connectivity index is 2.52. The molecule has 0 bridgehead atoms. The lowest BCUT2D eigenvalue weighted by Gasteiger charge is -2.23. The van der Waals surface area contributed by atoms with Crippen molar-refractivity contribution in [2.24, 2.45) is 0 Å². The Kier molecular flexibility index (Phi) is 6.02. The van der Waals surface area contributed by atoms with Crippen LogP contribution in [-0.2, 0) is 10.2 Å². The fourth-order valence-corrected chi connectivity index (χ4v) is 1.95. The highest BCUT2D eigenvalue weighted by atomic mass is 16.1. The van der Waals surface area contributed by atoms with Gasteiger partial charge in [0.25, 0.3) is 0 Å². The van der Waals surface area contributed by atoms with Crippen LogP contribution in [0.5, 0.6) is 0 Å². The third-order valence-corrected chi connectivity index (χ3v) is 3.06. The van der Waals surface area contributed by atoms with Crippen molar-refractivity contribution in [3.05, 3.63) is 29.8 Å². The first kappa shape index (κ1) is 16.5. The molecule has 0 atom stereocenters. The summed E-state index contributed by atoms with van der Waals surface area (Å²) in [6.45, 7) is 8.35. The van der Waals surface area contributed by atoms with Gasteiger partial charge in [-0.2, -0.15) is 0 Å². The van der Waals surface area contributed by atoms with Crippen LogP contribution in [0.3, 0.4) is 0 Å². The molecule has 0 aliphatic carbocycles. The highest BCUT2D eigenvalue weighted by Crippen LogP contribution is 2.28. The Morgan fingerprint density at radius 1 is 1.20 bits per heavy atom. The maximum absolute atomic E-state index is 11.8. The minimum atomic E-state index is 0.0237. The maximum atomic E-state index is 11.8. The van der Waals surface area contributed by atoms with Crippen molar-refractivity contribution >= 4 is 11.6 Å². The van der Waals surface area contributed by atoms with E-state index in [2.05, 4.69) is 37.5 Å². The Hall–Kier alpha value is -1.55. The fraction of sp³-hybridized carbons (Fsp3) is 0.562. The molecule has 4 heteroatoms. The lowest BCUT2D eigenvalue weighted by Crippen LogP contribution is -2.35. The number of amides is 1. The topological polar surface area (TPSA) is 44.4 Å². The van der Waals surface area contributed by atoms with E-state index in [4.69, 9.17) is 0 Å². The summed E-state index contributed by atoms with van der Waals surface area (Å²) in [7, 11) is 3.98. The molecule has 0 fully saturated rings. The summed E-state index contributed by atoms with van der Waals surface area (Å²) >= 11 is 0. The Labute approximate surface area is 122 Å². The molecule has 0 saturated heterocycles. The Bertz CT molecular complexity index is 436. The summed E-state index contributed by atoms with van der Waals surface area (Å²) in [6, 6.07) is 8.14. The number of para-hydroxylation sites is 1. The number of carbonyl (C=O) groups excluding carboxylic acids is 1. The minimum Gasteiger partial charge on any atom is -0.376 e. The molecule has 1 aromatic carbocycles. The van der Waals surface area contributed by atoms with Gasteiger partial charge in [-0.25, -0.2) is 0 Å². The monoisotopic (exact) mass is 277 g/mol. The zero-order valence-electron chi connectivity index (χ0n) is 13.3. The molecule has 0 aliphatic heterocycles. The lowest BCUT2D eigenvalue weighted by molar-refractivity contribution is -0.119. The number of hydrogen-bond donors (Lipinski definition) is 2. The van der Waals surface area contributed by atoms with Gasteiger partial charge >= 0.3 is 0 Å². The normalized spacial score (nSPS) is 11.5. The lowest BCUT2D eigenvalue weighted by atomic mass is 9.86. The second-order valence-electron chi connectivity index (χ2n) is 6.30. The van der Waals surface area contributed by atoms with Gasteiger partial charge in [0.1, 0.15) is 0 Å². The standard InChI is InChI=1S/C16H27N3O/c1-16(2,3)13-8-6-7-9-14(13)18-12-15(20)17-10-11-19(4)5/h6-9,18H,10-12H2,1-5H3,(H,17,20). The molecule has 0 spiro atoms. The maximum Gasteiger partial charge on any atom is 0.239 e. The largest absolute Gasteiger partial charge is 0.376 e. The molecule has 20 heavy (non-hydrogen) atoms. The molecule has 0 aliphatic rings. The summed E-state index contributed by atoms with van der Waals surface area (Å²) in [4.78, 5) is 13.8. The van der Waals surface area contributed by atoms with Gasteiger partial charge in [0.05, 0.1) is 6.54 Å². The van der Waals surface area contributed by atoms with E-state index >= 15 is 0 Å². The number of rotatable bonds is 6. The molecule has 112 valence electrons. The molecule has 1 amide bonds. The van der Waals surface area contributed by atoms with Gasteiger partial charge in [0.15, 0.2) is 0 Å². The van der Waals surface area contributed by atoms with Crippen LogP contribution in [-0.4, -0.2) is 44.5 Å². The van der Waals surface area contributed by atoms with Crippen molar-refractivity contribution in [3.63, 3.8) is 0 Å². The van der Waals surface area contributed by atoms with Crippen LogP contribution in [0.1, 0.15) is 26.3 Å². The first-order valence-corrected chi connectivity index (χ1v) is 7.05. The van der Waals surface area contributed by atoms with Crippen molar-refractivity contribution in [2.45, 2.75) is 26.2 Å². The molecule has 0 unspecified atom stereocenters. The average molecular weight is 277 g/mol. The summed E-state index contributed by atoms with van der Waals surface area (Å²) in [5.74, 6) is 0.0237. The zero-order valence-corrected chi connectivity index (χ0v) is 13.3. The predicted octanol–water partition coefficient (Wildman–Crippen LogP) is 2.07. The van der Waals surface area contributed by atoms with Crippen LogP contribution in [0.25, 0.3) is 0 Å². The summed E-state index contributed by atoms with van der Waals surface area (Å²) in [6.07, 6.45) is 0. The highest BCUT2D eigenvalue weighted by molar-refractivity contribution is 5.81. The molecular formula is C16H27N3O. The van der Waals surface area contributed by atoms with E-state index in [9.17, 15) is 4.79 Å². The van der Waals surface area contributed by atoms with E-state index in [1.165, 1.54) is 5.56 Å². The summed E-state index contributed by atoms with van der Waals surface area (Å²) < 4.78 is 0. The van der Waals surface area contributed by atoms with Gasteiger partial charge in [-0.3, -0.25) is 4.79 Å². The highest BCUT2D eigenvalue weighted by Gasteiger charge is 2.17. The smallest absolute Gasteiger partial charge is 0.239 e. The van der Waals surface area contributed by atoms with Crippen LogP contribution in [0.15, 0.2) is 24.3 Å². The summed E-state index contributed by atoms with van der Waals surface area (Å²) in [5.41, 5.74) is 2.31. The fourth-order valence-electron chi connectivity index (χ4n) is 1.95. The van der Waals surface area contributed by atoms with E-state index in [1.807, 2.05) is 37.2 Å². The minimum absolute atomic E-state index is 0.0237. The van der Waals surface area contributed by atoms with Gasteiger partial charge in [0, 0.05) is 18.8 Å². The molecule has 0 aromatic heterocycles. The molecule has 2 N–H and O–H groups in total. The Morgan fingerprint density at radius 3 is 2.45 bits per heavy atom. The molecule has 1 aromatic rings.